The Bertz CT molecular complexity index is 619. The van der Waals surface area contributed by atoms with Crippen molar-refractivity contribution in [3.63, 3.8) is 0 Å². The standard InChI is InChI=1S/C15H13BrCl2FN/c16-13-3-2-11(19)7-10(13)8-12(20)5-9-1-4-14(17)15(18)6-9/h1-4,6-7,12H,5,8,20H2. The van der Waals surface area contributed by atoms with Crippen molar-refractivity contribution >= 4 is 39.1 Å². The van der Waals surface area contributed by atoms with E-state index in [0.717, 1.165) is 15.6 Å². The molecule has 1 nitrogen and oxygen atoms in total. The molecule has 0 aliphatic rings. The molecule has 0 radical (unpaired) electrons. The first-order chi connectivity index (χ1) is 9.45. The maximum absolute atomic E-state index is 13.2. The molecule has 5 heteroatoms. The Morgan fingerprint density at radius 3 is 2.50 bits per heavy atom. The highest BCUT2D eigenvalue weighted by molar-refractivity contribution is 9.10. The summed E-state index contributed by atoms with van der Waals surface area (Å²) in [4.78, 5) is 0. The summed E-state index contributed by atoms with van der Waals surface area (Å²) in [6, 6.07) is 9.95. The molecular formula is C15H13BrCl2FN. The molecule has 0 saturated carbocycles. The molecule has 2 rings (SSSR count). The third-order valence-electron chi connectivity index (χ3n) is 2.97. The normalized spacial score (nSPS) is 12.4. The van der Waals surface area contributed by atoms with Crippen LogP contribution in [0.25, 0.3) is 0 Å². The highest BCUT2D eigenvalue weighted by atomic mass is 79.9. The van der Waals surface area contributed by atoms with Gasteiger partial charge in [0.1, 0.15) is 5.82 Å². The van der Waals surface area contributed by atoms with Gasteiger partial charge in [0.15, 0.2) is 0 Å². The van der Waals surface area contributed by atoms with Gasteiger partial charge in [0.2, 0.25) is 0 Å². The molecule has 0 saturated heterocycles. The second-order valence-electron chi connectivity index (χ2n) is 4.65. The molecule has 0 aliphatic carbocycles. The number of nitrogens with two attached hydrogens (primary N) is 1. The van der Waals surface area contributed by atoms with Crippen LogP contribution in [0.15, 0.2) is 40.9 Å². The molecule has 1 unspecified atom stereocenters. The Balaban J connectivity index is 2.06. The lowest BCUT2D eigenvalue weighted by Crippen LogP contribution is -2.25. The predicted molar refractivity (Wildman–Crippen MR) is 85.9 cm³/mol. The van der Waals surface area contributed by atoms with Gasteiger partial charge in [-0.1, -0.05) is 45.2 Å². The first-order valence-electron chi connectivity index (χ1n) is 6.09. The van der Waals surface area contributed by atoms with Crippen molar-refractivity contribution < 1.29 is 4.39 Å². The molecule has 0 fully saturated rings. The summed E-state index contributed by atoms with van der Waals surface area (Å²) in [5.41, 5.74) is 8.00. The maximum Gasteiger partial charge on any atom is 0.123 e. The molecule has 2 N–H and O–H groups in total. The van der Waals surface area contributed by atoms with Crippen molar-refractivity contribution in [2.24, 2.45) is 5.73 Å². The smallest absolute Gasteiger partial charge is 0.123 e. The monoisotopic (exact) mass is 375 g/mol. The minimum Gasteiger partial charge on any atom is -0.327 e. The van der Waals surface area contributed by atoms with Gasteiger partial charge in [0.25, 0.3) is 0 Å². The van der Waals surface area contributed by atoms with Crippen LogP contribution < -0.4 is 5.73 Å². The molecule has 20 heavy (non-hydrogen) atoms. The number of rotatable bonds is 4. The Hall–Kier alpha value is -0.610. The van der Waals surface area contributed by atoms with E-state index in [2.05, 4.69) is 15.9 Å². The molecule has 0 amide bonds. The van der Waals surface area contributed by atoms with E-state index >= 15 is 0 Å². The zero-order valence-electron chi connectivity index (χ0n) is 10.5. The lowest BCUT2D eigenvalue weighted by Gasteiger charge is -2.13. The van der Waals surface area contributed by atoms with Crippen molar-refractivity contribution in [2.45, 2.75) is 18.9 Å². The predicted octanol–water partition coefficient (Wildman–Crippen LogP) is 5.01. The number of benzene rings is 2. The van der Waals surface area contributed by atoms with Crippen LogP contribution in [0, 0.1) is 5.82 Å². The van der Waals surface area contributed by atoms with E-state index in [1.54, 1.807) is 12.1 Å². The number of hydrogen-bond donors (Lipinski definition) is 1. The molecule has 106 valence electrons. The molecule has 0 spiro atoms. The van der Waals surface area contributed by atoms with Gasteiger partial charge in [-0.05, 0) is 54.3 Å². The van der Waals surface area contributed by atoms with Gasteiger partial charge in [-0.2, -0.15) is 0 Å². The lowest BCUT2D eigenvalue weighted by molar-refractivity contribution is 0.617. The zero-order chi connectivity index (χ0) is 14.7. The Labute approximate surface area is 136 Å². The van der Waals surface area contributed by atoms with E-state index in [9.17, 15) is 4.39 Å². The number of hydrogen-bond acceptors (Lipinski definition) is 1. The maximum atomic E-state index is 13.2. The lowest BCUT2D eigenvalue weighted by atomic mass is 10.00. The van der Waals surface area contributed by atoms with Gasteiger partial charge in [-0.3, -0.25) is 0 Å². The average Bonchev–Trinajstić information content (AvgIpc) is 2.38. The fourth-order valence-electron chi connectivity index (χ4n) is 2.02. The summed E-state index contributed by atoms with van der Waals surface area (Å²) in [5, 5.41) is 1.04. The molecule has 0 aromatic heterocycles. The summed E-state index contributed by atoms with van der Waals surface area (Å²) in [7, 11) is 0. The first kappa shape index (κ1) is 15.8. The molecule has 2 aromatic carbocycles. The van der Waals surface area contributed by atoms with Crippen molar-refractivity contribution in [3.05, 3.63) is 67.9 Å². The quantitative estimate of drug-likeness (QED) is 0.797. The van der Waals surface area contributed by atoms with Crippen LogP contribution in [0.2, 0.25) is 10.0 Å². The van der Waals surface area contributed by atoms with Crippen molar-refractivity contribution in [1.82, 2.24) is 0 Å². The molecule has 1 atom stereocenters. The van der Waals surface area contributed by atoms with Crippen LogP contribution in [0.3, 0.4) is 0 Å². The summed E-state index contributed by atoms with van der Waals surface area (Å²) < 4.78 is 14.1. The van der Waals surface area contributed by atoms with Crippen LogP contribution >= 0.6 is 39.1 Å². The van der Waals surface area contributed by atoms with Gasteiger partial charge in [0, 0.05) is 10.5 Å². The van der Waals surface area contributed by atoms with Crippen LogP contribution in [0.5, 0.6) is 0 Å². The largest absolute Gasteiger partial charge is 0.327 e. The Kier molecular flexibility index (Phi) is 5.44. The van der Waals surface area contributed by atoms with Crippen molar-refractivity contribution in [3.8, 4) is 0 Å². The molecule has 0 bridgehead atoms. The Morgan fingerprint density at radius 1 is 1.05 bits per heavy atom. The van der Waals surface area contributed by atoms with E-state index in [1.807, 2.05) is 12.1 Å². The van der Waals surface area contributed by atoms with Gasteiger partial charge in [-0.15, -0.1) is 0 Å². The second kappa shape index (κ2) is 6.90. The third-order valence-corrected chi connectivity index (χ3v) is 4.48. The molecule has 0 heterocycles. The van der Waals surface area contributed by atoms with Crippen LogP contribution in [0.4, 0.5) is 4.39 Å². The van der Waals surface area contributed by atoms with E-state index in [1.165, 1.54) is 12.1 Å². The fourth-order valence-corrected chi connectivity index (χ4v) is 2.75. The first-order valence-corrected chi connectivity index (χ1v) is 7.64. The minimum absolute atomic E-state index is 0.120. The van der Waals surface area contributed by atoms with Gasteiger partial charge in [-0.25, -0.2) is 4.39 Å². The molecule has 0 aliphatic heterocycles. The third kappa shape index (κ3) is 4.19. The van der Waals surface area contributed by atoms with Crippen molar-refractivity contribution in [1.29, 1.82) is 0 Å². The SMILES string of the molecule is NC(Cc1ccc(Cl)c(Cl)c1)Cc1cc(F)ccc1Br. The van der Waals surface area contributed by atoms with E-state index < -0.39 is 0 Å². The van der Waals surface area contributed by atoms with Crippen LogP contribution in [-0.2, 0) is 12.8 Å². The van der Waals surface area contributed by atoms with Gasteiger partial charge >= 0.3 is 0 Å². The summed E-state index contributed by atoms with van der Waals surface area (Å²) in [5.74, 6) is -0.259. The van der Waals surface area contributed by atoms with Crippen LogP contribution in [0.1, 0.15) is 11.1 Å². The Morgan fingerprint density at radius 2 is 1.80 bits per heavy atom. The minimum atomic E-state index is -0.259. The summed E-state index contributed by atoms with van der Waals surface area (Å²) in [6.07, 6.45) is 1.23. The van der Waals surface area contributed by atoms with Gasteiger partial charge < -0.3 is 5.73 Å². The highest BCUT2D eigenvalue weighted by Gasteiger charge is 2.10. The van der Waals surface area contributed by atoms with E-state index in [4.69, 9.17) is 28.9 Å². The van der Waals surface area contributed by atoms with Gasteiger partial charge in [0.05, 0.1) is 10.0 Å². The zero-order valence-corrected chi connectivity index (χ0v) is 13.6. The molecule has 2 aromatic rings. The van der Waals surface area contributed by atoms with Crippen molar-refractivity contribution in [2.75, 3.05) is 0 Å². The second-order valence-corrected chi connectivity index (χ2v) is 6.32. The topological polar surface area (TPSA) is 26.0 Å². The number of halogens is 4. The highest BCUT2D eigenvalue weighted by Crippen LogP contribution is 2.24. The van der Waals surface area contributed by atoms with Crippen LogP contribution in [-0.4, -0.2) is 6.04 Å². The fraction of sp³-hybridized carbons (Fsp3) is 0.200. The van der Waals surface area contributed by atoms with E-state index in [0.29, 0.717) is 22.9 Å². The summed E-state index contributed by atoms with van der Waals surface area (Å²) >= 11 is 15.3. The molecular weight excluding hydrogens is 364 g/mol. The van der Waals surface area contributed by atoms with E-state index in [-0.39, 0.29) is 11.9 Å². The average molecular weight is 377 g/mol. The summed E-state index contributed by atoms with van der Waals surface area (Å²) in [6.45, 7) is 0.